The standard InChI is InChI=1S/C11H10O2/c1-9-4-6-10(7-5-9)11(13)3-2-8-12/h2-8H,1H3/b3-2+. The number of carbonyl (C=O) groups excluding carboxylic acids is 2. The Labute approximate surface area is 76.9 Å². The molecular weight excluding hydrogens is 164 g/mol. The van der Waals surface area contributed by atoms with Crippen LogP contribution in [0, 0.1) is 6.92 Å². The van der Waals surface area contributed by atoms with Crippen molar-refractivity contribution in [3.63, 3.8) is 0 Å². The lowest BCUT2D eigenvalue weighted by Gasteiger charge is -1.95. The first kappa shape index (κ1) is 9.39. The van der Waals surface area contributed by atoms with Crippen molar-refractivity contribution in [2.24, 2.45) is 0 Å². The van der Waals surface area contributed by atoms with Crippen molar-refractivity contribution in [3.05, 3.63) is 47.5 Å². The Hall–Kier alpha value is -1.70. The van der Waals surface area contributed by atoms with Crippen molar-refractivity contribution in [2.45, 2.75) is 6.92 Å². The summed E-state index contributed by atoms with van der Waals surface area (Å²) in [5.74, 6) is -0.146. The summed E-state index contributed by atoms with van der Waals surface area (Å²) in [6.07, 6.45) is 3.05. The number of rotatable bonds is 3. The molecule has 13 heavy (non-hydrogen) atoms. The second kappa shape index (κ2) is 4.36. The average molecular weight is 174 g/mol. The minimum absolute atomic E-state index is 0.146. The zero-order valence-corrected chi connectivity index (χ0v) is 7.36. The fourth-order valence-electron chi connectivity index (χ4n) is 0.941. The van der Waals surface area contributed by atoms with Crippen LogP contribution in [0.4, 0.5) is 0 Å². The molecule has 0 unspecified atom stereocenters. The Morgan fingerprint density at radius 3 is 2.38 bits per heavy atom. The average Bonchev–Trinajstić information content (AvgIpc) is 2.15. The van der Waals surface area contributed by atoms with Gasteiger partial charge in [0.1, 0.15) is 6.29 Å². The maximum Gasteiger partial charge on any atom is 0.185 e. The van der Waals surface area contributed by atoms with Crippen molar-refractivity contribution in [1.29, 1.82) is 0 Å². The third-order valence-corrected chi connectivity index (χ3v) is 1.66. The Morgan fingerprint density at radius 2 is 1.85 bits per heavy atom. The van der Waals surface area contributed by atoms with E-state index in [0.717, 1.165) is 5.56 Å². The van der Waals surface area contributed by atoms with Crippen LogP contribution in [0.1, 0.15) is 15.9 Å². The molecule has 0 aliphatic heterocycles. The van der Waals surface area contributed by atoms with Crippen LogP contribution in [-0.2, 0) is 4.79 Å². The molecule has 1 aromatic rings. The van der Waals surface area contributed by atoms with Gasteiger partial charge in [0.2, 0.25) is 0 Å². The van der Waals surface area contributed by atoms with Gasteiger partial charge in [-0.15, -0.1) is 0 Å². The first-order valence-corrected chi connectivity index (χ1v) is 3.97. The predicted molar refractivity (Wildman–Crippen MR) is 50.7 cm³/mol. The molecule has 1 rings (SSSR count). The Bertz CT molecular complexity index is 334. The maximum absolute atomic E-state index is 11.3. The van der Waals surface area contributed by atoms with Gasteiger partial charge in [0.15, 0.2) is 5.78 Å². The van der Waals surface area contributed by atoms with Crippen LogP contribution in [0.25, 0.3) is 0 Å². The van der Waals surface area contributed by atoms with Gasteiger partial charge in [0, 0.05) is 5.56 Å². The lowest BCUT2D eigenvalue weighted by atomic mass is 10.1. The molecule has 1 aromatic carbocycles. The van der Waals surface area contributed by atoms with E-state index in [4.69, 9.17) is 0 Å². The van der Waals surface area contributed by atoms with Gasteiger partial charge in [-0.25, -0.2) is 0 Å². The van der Waals surface area contributed by atoms with Crippen LogP contribution in [-0.4, -0.2) is 12.1 Å². The van der Waals surface area contributed by atoms with Gasteiger partial charge in [0.25, 0.3) is 0 Å². The molecule has 0 saturated carbocycles. The molecule has 0 atom stereocenters. The van der Waals surface area contributed by atoms with E-state index in [1.54, 1.807) is 12.1 Å². The Kier molecular flexibility index (Phi) is 3.15. The Morgan fingerprint density at radius 1 is 1.23 bits per heavy atom. The fourth-order valence-corrected chi connectivity index (χ4v) is 0.941. The number of carbonyl (C=O) groups is 2. The van der Waals surface area contributed by atoms with E-state index in [9.17, 15) is 9.59 Å². The zero-order chi connectivity index (χ0) is 9.68. The second-order valence-corrected chi connectivity index (χ2v) is 2.73. The quantitative estimate of drug-likeness (QED) is 0.398. The lowest BCUT2D eigenvalue weighted by Crippen LogP contribution is -1.93. The molecule has 0 aliphatic carbocycles. The van der Waals surface area contributed by atoms with Crippen LogP contribution in [0.5, 0.6) is 0 Å². The first-order valence-electron chi connectivity index (χ1n) is 3.97. The summed E-state index contributed by atoms with van der Waals surface area (Å²) in [4.78, 5) is 21.2. The third-order valence-electron chi connectivity index (χ3n) is 1.66. The number of benzene rings is 1. The van der Waals surface area contributed by atoms with E-state index in [1.165, 1.54) is 12.2 Å². The van der Waals surface area contributed by atoms with Crippen molar-refractivity contribution in [3.8, 4) is 0 Å². The number of ketones is 1. The summed E-state index contributed by atoms with van der Waals surface area (Å²) in [6.45, 7) is 1.95. The van der Waals surface area contributed by atoms with Crippen LogP contribution in [0.2, 0.25) is 0 Å². The highest BCUT2D eigenvalue weighted by molar-refractivity contribution is 6.05. The molecule has 0 aliphatic rings. The van der Waals surface area contributed by atoms with Gasteiger partial charge >= 0.3 is 0 Å². The maximum atomic E-state index is 11.3. The molecular formula is C11H10O2. The zero-order valence-electron chi connectivity index (χ0n) is 7.36. The van der Waals surface area contributed by atoms with Gasteiger partial charge in [-0.3, -0.25) is 9.59 Å². The van der Waals surface area contributed by atoms with E-state index in [1.807, 2.05) is 19.1 Å². The summed E-state index contributed by atoms with van der Waals surface area (Å²) < 4.78 is 0. The van der Waals surface area contributed by atoms with Crippen molar-refractivity contribution in [2.75, 3.05) is 0 Å². The summed E-state index contributed by atoms with van der Waals surface area (Å²) in [5, 5.41) is 0. The number of aryl methyl sites for hydroxylation is 1. The largest absolute Gasteiger partial charge is 0.299 e. The molecule has 2 nitrogen and oxygen atoms in total. The molecule has 2 heteroatoms. The van der Waals surface area contributed by atoms with E-state index in [-0.39, 0.29) is 5.78 Å². The molecule has 0 saturated heterocycles. The minimum atomic E-state index is -0.146. The van der Waals surface area contributed by atoms with Crippen molar-refractivity contribution in [1.82, 2.24) is 0 Å². The van der Waals surface area contributed by atoms with Gasteiger partial charge in [-0.2, -0.15) is 0 Å². The minimum Gasteiger partial charge on any atom is -0.299 e. The molecule has 0 spiro atoms. The van der Waals surface area contributed by atoms with E-state index >= 15 is 0 Å². The second-order valence-electron chi connectivity index (χ2n) is 2.73. The van der Waals surface area contributed by atoms with E-state index in [0.29, 0.717) is 11.8 Å². The molecule has 0 aromatic heterocycles. The molecule has 0 bridgehead atoms. The smallest absolute Gasteiger partial charge is 0.185 e. The van der Waals surface area contributed by atoms with Crippen LogP contribution in [0.15, 0.2) is 36.4 Å². The number of hydrogen-bond donors (Lipinski definition) is 0. The highest BCUT2D eigenvalue weighted by atomic mass is 16.1. The number of allylic oxidation sites excluding steroid dienone is 2. The van der Waals surface area contributed by atoms with Crippen LogP contribution in [0.3, 0.4) is 0 Å². The third kappa shape index (κ3) is 2.67. The molecule has 66 valence electrons. The molecule has 0 fully saturated rings. The highest BCUT2D eigenvalue weighted by Gasteiger charge is 1.99. The SMILES string of the molecule is Cc1ccc(C(=O)/C=C/C=O)cc1. The molecule has 0 amide bonds. The monoisotopic (exact) mass is 174 g/mol. The lowest BCUT2D eigenvalue weighted by molar-refractivity contribution is -0.104. The van der Waals surface area contributed by atoms with Gasteiger partial charge in [-0.05, 0) is 19.1 Å². The molecule has 0 N–H and O–H groups in total. The Balaban J connectivity index is 2.83. The normalized spacial score (nSPS) is 10.2. The molecule has 0 radical (unpaired) electrons. The summed E-state index contributed by atoms with van der Waals surface area (Å²) in [7, 11) is 0. The summed E-state index contributed by atoms with van der Waals surface area (Å²) >= 11 is 0. The number of aldehydes is 1. The van der Waals surface area contributed by atoms with Crippen molar-refractivity contribution < 1.29 is 9.59 Å². The topological polar surface area (TPSA) is 34.1 Å². The van der Waals surface area contributed by atoms with E-state index in [2.05, 4.69) is 0 Å². The summed E-state index contributed by atoms with van der Waals surface area (Å²) in [5.41, 5.74) is 1.71. The molecule has 0 heterocycles. The van der Waals surface area contributed by atoms with Crippen LogP contribution < -0.4 is 0 Å². The van der Waals surface area contributed by atoms with Gasteiger partial charge < -0.3 is 0 Å². The van der Waals surface area contributed by atoms with Crippen LogP contribution >= 0.6 is 0 Å². The predicted octanol–water partition coefficient (Wildman–Crippen LogP) is 1.93. The van der Waals surface area contributed by atoms with Gasteiger partial charge in [0.05, 0.1) is 0 Å². The first-order chi connectivity index (χ1) is 6.24. The van der Waals surface area contributed by atoms with Gasteiger partial charge in [-0.1, -0.05) is 29.8 Å². The highest BCUT2D eigenvalue weighted by Crippen LogP contribution is 2.04. The fraction of sp³-hybridized carbons (Fsp3) is 0.0909. The summed E-state index contributed by atoms with van der Waals surface area (Å²) in [6, 6.07) is 7.21. The van der Waals surface area contributed by atoms with Crippen molar-refractivity contribution >= 4 is 12.1 Å². The van der Waals surface area contributed by atoms with E-state index < -0.39 is 0 Å². The number of hydrogen-bond acceptors (Lipinski definition) is 2.